The van der Waals surface area contributed by atoms with Crippen molar-refractivity contribution in [1.82, 2.24) is 0 Å². The average Bonchev–Trinajstić information content (AvgIpc) is 2.51. The Morgan fingerprint density at radius 3 is 2.62 bits per heavy atom. The average molecular weight is 283 g/mol. The molecule has 1 aromatic carbocycles. The summed E-state index contributed by atoms with van der Waals surface area (Å²) < 4.78 is 1.07. The number of anilines is 1. The molecule has 0 aliphatic carbocycles. The van der Waals surface area contributed by atoms with Crippen LogP contribution in [0.5, 0.6) is 0 Å². The summed E-state index contributed by atoms with van der Waals surface area (Å²) in [5.41, 5.74) is 9.01. The minimum Gasteiger partial charge on any atom is -0.326 e. The van der Waals surface area contributed by atoms with Crippen molar-refractivity contribution in [2.45, 2.75) is 26.3 Å². The van der Waals surface area contributed by atoms with Crippen LogP contribution in [0.4, 0.5) is 5.69 Å². The third kappa shape index (κ3) is 1.99. The molecule has 0 spiro atoms. The molecule has 0 aromatic heterocycles. The van der Waals surface area contributed by atoms with E-state index in [4.69, 9.17) is 5.73 Å². The molecular formula is C12H15BrN2O. The molecule has 0 radical (unpaired) electrons. The van der Waals surface area contributed by atoms with Gasteiger partial charge in [-0.05, 0) is 37.1 Å². The fourth-order valence-electron chi connectivity index (χ4n) is 2.02. The molecule has 1 heterocycles. The first-order chi connectivity index (χ1) is 7.49. The highest BCUT2D eigenvalue weighted by atomic mass is 79.9. The first kappa shape index (κ1) is 11.6. The van der Waals surface area contributed by atoms with Gasteiger partial charge in [0, 0.05) is 29.2 Å². The number of amides is 1. The number of benzene rings is 1. The van der Waals surface area contributed by atoms with Crippen LogP contribution in [0, 0.1) is 13.8 Å². The van der Waals surface area contributed by atoms with E-state index in [-0.39, 0.29) is 11.9 Å². The van der Waals surface area contributed by atoms with Crippen LogP contribution in [-0.4, -0.2) is 18.5 Å². The van der Waals surface area contributed by atoms with Crippen LogP contribution in [0.3, 0.4) is 0 Å². The molecule has 3 nitrogen and oxygen atoms in total. The van der Waals surface area contributed by atoms with Crippen LogP contribution in [0.1, 0.15) is 17.5 Å². The number of carbonyl (C=O) groups is 1. The van der Waals surface area contributed by atoms with E-state index in [1.807, 2.05) is 26.0 Å². The lowest BCUT2D eigenvalue weighted by atomic mass is 10.1. The second kappa shape index (κ2) is 4.18. The molecule has 1 aliphatic heterocycles. The second-order valence-corrected chi connectivity index (χ2v) is 5.21. The lowest BCUT2D eigenvalue weighted by molar-refractivity contribution is -0.117. The topological polar surface area (TPSA) is 46.3 Å². The zero-order valence-electron chi connectivity index (χ0n) is 9.46. The fourth-order valence-corrected chi connectivity index (χ4v) is 2.48. The molecule has 1 unspecified atom stereocenters. The van der Waals surface area contributed by atoms with E-state index in [0.29, 0.717) is 13.0 Å². The number of hydrogen-bond acceptors (Lipinski definition) is 2. The standard InChI is InChI=1S/C12H15BrN2O/c1-7-4-11(8(2)3-10(7)13)15-6-9(14)5-12(15)16/h3-4,9H,5-6,14H2,1-2H3. The molecule has 1 fully saturated rings. The molecule has 4 heteroatoms. The summed E-state index contributed by atoms with van der Waals surface area (Å²) in [6.07, 6.45) is 0.453. The number of rotatable bonds is 1. The molecule has 2 N–H and O–H groups in total. The smallest absolute Gasteiger partial charge is 0.228 e. The molecule has 1 aromatic rings. The highest BCUT2D eigenvalue weighted by molar-refractivity contribution is 9.10. The van der Waals surface area contributed by atoms with Crippen molar-refractivity contribution in [3.05, 3.63) is 27.7 Å². The number of hydrogen-bond donors (Lipinski definition) is 1. The Bertz CT molecular complexity index is 445. The van der Waals surface area contributed by atoms with Gasteiger partial charge >= 0.3 is 0 Å². The lowest BCUT2D eigenvalue weighted by Gasteiger charge is -2.19. The van der Waals surface area contributed by atoms with Crippen molar-refractivity contribution in [3.63, 3.8) is 0 Å². The first-order valence-corrected chi connectivity index (χ1v) is 6.11. The van der Waals surface area contributed by atoms with E-state index in [1.165, 1.54) is 0 Å². The molecular weight excluding hydrogens is 268 g/mol. The third-order valence-corrected chi connectivity index (χ3v) is 3.78. The van der Waals surface area contributed by atoms with Gasteiger partial charge in [0.05, 0.1) is 0 Å². The zero-order valence-corrected chi connectivity index (χ0v) is 11.0. The predicted octanol–water partition coefficient (Wildman–Crippen LogP) is 2.13. The minimum absolute atomic E-state index is 0.0316. The molecule has 1 atom stereocenters. The van der Waals surface area contributed by atoms with Gasteiger partial charge in [0.15, 0.2) is 0 Å². The monoisotopic (exact) mass is 282 g/mol. The minimum atomic E-state index is -0.0316. The van der Waals surface area contributed by atoms with Gasteiger partial charge in [0.1, 0.15) is 0 Å². The summed E-state index contributed by atoms with van der Waals surface area (Å²) in [4.78, 5) is 13.6. The molecule has 86 valence electrons. The molecule has 1 aliphatic rings. The number of nitrogens with two attached hydrogens (primary N) is 1. The SMILES string of the molecule is Cc1cc(N2CC(N)CC2=O)c(C)cc1Br. The van der Waals surface area contributed by atoms with Crippen molar-refractivity contribution in [2.24, 2.45) is 5.73 Å². The molecule has 16 heavy (non-hydrogen) atoms. The number of nitrogens with zero attached hydrogens (tertiary/aromatic N) is 1. The first-order valence-electron chi connectivity index (χ1n) is 5.31. The van der Waals surface area contributed by atoms with Gasteiger partial charge in [-0.1, -0.05) is 15.9 Å². The molecule has 0 bridgehead atoms. The van der Waals surface area contributed by atoms with E-state index in [0.717, 1.165) is 21.3 Å². The normalized spacial score (nSPS) is 20.6. The lowest BCUT2D eigenvalue weighted by Crippen LogP contribution is -2.28. The maximum Gasteiger partial charge on any atom is 0.228 e. The van der Waals surface area contributed by atoms with Crippen molar-refractivity contribution in [2.75, 3.05) is 11.4 Å². The molecule has 1 amide bonds. The van der Waals surface area contributed by atoms with Crippen LogP contribution in [0.15, 0.2) is 16.6 Å². The summed E-state index contributed by atoms with van der Waals surface area (Å²) in [6.45, 7) is 4.66. The largest absolute Gasteiger partial charge is 0.326 e. The van der Waals surface area contributed by atoms with Crippen molar-refractivity contribution >= 4 is 27.5 Å². The highest BCUT2D eigenvalue weighted by Gasteiger charge is 2.29. The third-order valence-electron chi connectivity index (χ3n) is 2.92. The van der Waals surface area contributed by atoms with Gasteiger partial charge in [-0.2, -0.15) is 0 Å². The number of halogens is 1. The van der Waals surface area contributed by atoms with Crippen LogP contribution < -0.4 is 10.6 Å². The second-order valence-electron chi connectivity index (χ2n) is 4.36. The Hall–Kier alpha value is -0.870. The highest BCUT2D eigenvalue weighted by Crippen LogP contribution is 2.29. The van der Waals surface area contributed by atoms with Crippen molar-refractivity contribution < 1.29 is 4.79 Å². The Balaban J connectivity index is 2.41. The van der Waals surface area contributed by atoms with Gasteiger partial charge in [0.25, 0.3) is 0 Å². The van der Waals surface area contributed by atoms with Gasteiger partial charge in [0.2, 0.25) is 5.91 Å². The molecule has 2 rings (SSSR count). The van der Waals surface area contributed by atoms with E-state index in [9.17, 15) is 4.79 Å². The summed E-state index contributed by atoms with van der Waals surface area (Å²) in [7, 11) is 0. The Morgan fingerprint density at radius 2 is 2.06 bits per heavy atom. The van der Waals surface area contributed by atoms with Gasteiger partial charge in [-0.15, -0.1) is 0 Å². The fraction of sp³-hybridized carbons (Fsp3) is 0.417. The number of aryl methyl sites for hydroxylation is 2. The van der Waals surface area contributed by atoms with Crippen LogP contribution in [0.2, 0.25) is 0 Å². The zero-order chi connectivity index (χ0) is 11.9. The van der Waals surface area contributed by atoms with Gasteiger partial charge in [-0.3, -0.25) is 4.79 Å². The Labute approximate surface area is 104 Å². The van der Waals surface area contributed by atoms with Gasteiger partial charge < -0.3 is 10.6 Å². The van der Waals surface area contributed by atoms with E-state index < -0.39 is 0 Å². The van der Waals surface area contributed by atoms with Gasteiger partial charge in [-0.25, -0.2) is 0 Å². The maximum atomic E-state index is 11.8. The summed E-state index contributed by atoms with van der Waals surface area (Å²) in [6, 6.07) is 4.05. The summed E-state index contributed by atoms with van der Waals surface area (Å²) >= 11 is 3.49. The molecule has 1 saturated heterocycles. The quantitative estimate of drug-likeness (QED) is 0.858. The molecule has 0 saturated carbocycles. The van der Waals surface area contributed by atoms with E-state index in [1.54, 1.807) is 4.90 Å². The van der Waals surface area contributed by atoms with E-state index in [2.05, 4.69) is 15.9 Å². The number of carbonyl (C=O) groups excluding carboxylic acids is 1. The van der Waals surface area contributed by atoms with E-state index >= 15 is 0 Å². The van der Waals surface area contributed by atoms with Crippen LogP contribution >= 0.6 is 15.9 Å². The summed E-state index contributed by atoms with van der Waals surface area (Å²) in [5.74, 6) is 0.123. The summed E-state index contributed by atoms with van der Waals surface area (Å²) in [5, 5.41) is 0. The maximum absolute atomic E-state index is 11.8. The van der Waals surface area contributed by atoms with Crippen LogP contribution in [0.25, 0.3) is 0 Å². The Kier molecular flexibility index (Phi) is 3.04. The van der Waals surface area contributed by atoms with Crippen molar-refractivity contribution in [3.8, 4) is 0 Å². The Morgan fingerprint density at radius 1 is 1.38 bits per heavy atom. The van der Waals surface area contributed by atoms with Crippen molar-refractivity contribution in [1.29, 1.82) is 0 Å². The predicted molar refractivity (Wildman–Crippen MR) is 68.6 cm³/mol. The van der Waals surface area contributed by atoms with Crippen LogP contribution in [-0.2, 0) is 4.79 Å².